The number of carbonyl (C=O) groups excluding carboxylic acids is 1. The molecule has 0 unspecified atom stereocenters. The van der Waals surface area contributed by atoms with E-state index in [1.165, 1.54) is 72.0 Å². The molecule has 0 bridgehead atoms. The van der Waals surface area contributed by atoms with E-state index in [1.807, 2.05) is 6.07 Å². The van der Waals surface area contributed by atoms with Crippen molar-refractivity contribution >= 4 is 11.6 Å². The number of nitrogens with one attached hydrogen (secondary N) is 1. The number of hydrogen-bond acceptors (Lipinski definition) is 6. The van der Waals surface area contributed by atoms with Crippen molar-refractivity contribution in [2.75, 3.05) is 26.6 Å². The molecule has 33 heavy (non-hydrogen) atoms. The fraction of sp³-hybridized carbons (Fsp3) is 0.615. The Kier molecular flexibility index (Phi) is 12.2. The van der Waals surface area contributed by atoms with E-state index in [-0.39, 0.29) is 12.3 Å². The number of aromatic nitrogens is 1. The van der Waals surface area contributed by atoms with E-state index < -0.39 is 0 Å². The SMILES string of the molecule is CCCCCCCCCCCCc1cc(CC(=O)Nc2c(OC)cc(OC)cc2OC)on1. The molecule has 0 saturated heterocycles. The lowest BCUT2D eigenvalue weighted by atomic mass is 10.1. The van der Waals surface area contributed by atoms with Gasteiger partial charge in [-0.2, -0.15) is 0 Å². The fourth-order valence-electron chi connectivity index (χ4n) is 3.82. The van der Waals surface area contributed by atoms with Crippen LogP contribution in [-0.2, 0) is 17.6 Å². The molecule has 1 aromatic carbocycles. The average molecular weight is 461 g/mol. The van der Waals surface area contributed by atoms with Crippen LogP contribution in [0.3, 0.4) is 0 Å². The van der Waals surface area contributed by atoms with Crippen LogP contribution >= 0.6 is 0 Å². The van der Waals surface area contributed by atoms with Crippen LogP contribution in [0.4, 0.5) is 5.69 Å². The van der Waals surface area contributed by atoms with Crippen LogP contribution in [0, 0.1) is 0 Å². The van der Waals surface area contributed by atoms with E-state index in [9.17, 15) is 4.79 Å². The molecular formula is C26H40N2O5. The first-order valence-electron chi connectivity index (χ1n) is 12.2. The molecule has 0 atom stereocenters. The third-order valence-corrected chi connectivity index (χ3v) is 5.71. The molecule has 0 spiro atoms. The second-order valence-corrected chi connectivity index (χ2v) is 8.35. The van der Waals surface area contributed by atoms with Crippen molar-refractivity contribution in [2.45, 2.75) is 84.0 Å². The zero-order valence-electron chi connectivity index (χ0n) is 20.7. The number of anilines is 1. The predicted molar refractivity (Wildman–Crippen MR) is 130 cm³/mol. The smallest absolute Gasteiger partial charge is 0.232 e. The second-order valence-electron chi connectivity index (χ2n) is 8.35. The average Bonchev–Trinajstić information content (AvgIpc) is 3.27. The number of amides is 1. The van der Waals surface area contributed by atoms with Gasteiger partial charge >= 0.3 is 0 Å². The summed E-state index contributed by atoms with van der Waals surface area (Å²) in [6, 6.07) is 5.25. The molecule has 0 radical (unpaired) electrons. The maximum absolute atomic E-state index is 12.6. The zero-order chi connectivity index (χ0) is 23.9. The van der Waals surface area contributed by atoms with Gasteiger partial charge in [0.2, 0.25) is 5.91 Å². The minimum absolute atomic E-state index is 0.0867. The van der Waals surface area contributed by atoms with Gasteiger partial charge in [0, 0.05) is 18.2 Å². The van der Waals surface area contributed by atoms with E-state index in [4.69, 9.17) is 18.7 Å². The molecule has 0 saturated carbocycles. The number of carbonyl (C=O) groups is 1. The van der Waals surface area contributed by atoms with Crippen molar-refractivity contribution in [3.8, 4) is 17.2 Å². The topological polar surface area (TPSA) is 82.8 Å². The van der Waals surface area contributed by atoms with Crippen LogP contribution in [-0.4, -0.2) is 32.4 Å². The molecule has 184 valence electrons. The number of methoxy groups -OCH3 is 3. The molecule has 0 aliphatic carbocycles. The Morgan fingerprint density at radius 1 is 0.848 bits per heavy atom. The molecule has 1 aromatic heterocycles. The third kappa shape index (κ3) is 9.36. The van der Waals surface area contributed by atoms with E-state index >= 15 is 0 Å². The van der Waals surface area contributed by atoms with Gasteiger partial charge in [-0.05, 0) is 12.8 Å². The van der Waals surface area contributed by atoms with Gasteiger partial charge in [-0.25, -0.2) is 0 Å². The van der Waals surface area contributed by atoms with E-state index in [1.54, 1.807) is 19.2 Å². The summed E-state index contributed by atoms with van der Waals surface area (Å²) in [5.41, 5.74) is 1.35. The highest BCUT2D eigenvalue weighted by atomic mass is 16.5. The molecule has 0 fully saturated rings. The second kappa shape index (κ2) is 15.2. The minimum atomic E-state index is -0.238. The van der Waals surface area contributed by atoms with Crippen LogP contribution in [0.5, 0.6) is 17.2 Å². The molecule has 7 heteroatoms. The number of nitrogens with zero attached hydrogens (tertiary/aromatic N) is 1. The molecule has 1 amide bonds. The lowest BCUT2D eigenvalue weighted by molar-refractivity contribution is -0.115. The summed E-state index contributed by atoms with van der Waals surface area (Å²) in [6.45, 7) is 2.25. The third-order valence-electron chi connectivity index (χ3n) is 5.71. The minimum Gasteiger partial charge on any atom is -0.496 e. The van der Waals surface area contributed by atoms with E-state index in [0.29, 0.717) is 28.7 Å². The van der Waals surface area contributed by atoms with Gasteiger partial charge in [0.25, 0.3) is 0 Å². The maximum Gasteiger partial charge on any atom is 0.232 e. The number of unbranched alkanes of at least 4 members (excludes halogenated alkanes) is 9. The predicted octanol–water partition coefficient (Wildman–Crippen LogP) is 6.35. The molecule has 0 aliphatic rings. The Balaban J connectivity index is 1.73. The van der Waals surface area contributed by atoms with Crippen LogP contribution in [0.1, 0.15) is 82.6 Å². The lowest BCUT2D eigenvalue weighted by Crippen LogP contribution is -2.15. The standard InChI is InChI=1S/C26H40N2O5/c1-5-6-7-8-9-10-11-12-13-14-15-20-16-22(33-28-20)19-25(29)27-26-23(31-3)17-21(30-2)18-24(26)32-4/h16-18H,5-15,19H2,1-4H3,(H,27,29). The number of hydrogen-bond donors (Lipinski definition) is 1. The van der Waals surface area contributed by atoms with Crippen molar-refractivity contribution in [2.24, 2.45) is 0 Å². The molecule has 7 nitrogen and oxygen atoms in total. The number of rotatable bonds is 17. The van der Waals surface area contributed by atoms with Crippen LogP contribution in [0.25, 0.3) is 0 Å². The normalized spacial score (nSPS) is 10.8. The summed E-state index contributed by atoms with van der Waals surface area (Å²) < 4.78 is 21.4. The van der Waals surface area contributed by atoms with Crippen molar-refractivity contribution in [3.63, 3.8) is 0 Å². The summed E-state index contributed by atoms with van der Waals surface area (Å²) in [6.07, 6.45) is 14.0. The summed E-state index contributed by atoms with van der Waals surface area (Å²) in [7, 11) is 4.62. The zero-order valence-corrected chi connectivity index (χ0v) is 20.7. The molecular weight excluding hydrogens is 420 g/mol. The highest BCUT2D eigenvalue weighted by Crippen LogP contribution is 2.38. The Morgan fingerprint density at radius 3 is 1.97 bits per heavy atom. The van der Waals surface area contributed by atoms with Crippen molar-refractivity contribution in [1.82, 2.24) is 5.16 Å². The van der Waals surface area contributed by atoms with Crippen LogP contribution in [0.2, 0.25) is 0 Å². The Hall–Kier alpha value is -2.70. The van der Waals surface area contributed by atoms with Gasteiger partial charge in [0.1, 0.15) is 28.7 Å². The highest BCUT2D eigenvalue weighted by Gasteiger charge is 2.17. The van der Waals surface area contributed by atoms with Gasteiger partial charge in [-0.15, -0.1) is 0 Å². The van der Waals surface area contributed by atoms with Gasteiger partial charge in [0.15, 0.2) is 0 Å². The summed E-state index contributed by atoms with van der Waals surface area (Å²) in [5, 5.41) is 6.97. The quantitative estimate of drug-likeness (QED) is 0.277. The molecule has 1 heterocycles. The first-order chi connectivity index (χ1) is 16.1. The Bertz CT molecular complexity index is 809. The Labute approximate surface area is 198 Å². The van der Waals surface area contributed by atoms with Crippen molar-refractivity contribution in [1.29, 1.82) is 0 Å². The van der Waals surface area contributed by atoms with Gasteiger partial charge < -0.3 is 24.1 Å². The monoisotopic (exact) mass is 460 g/mol. The largest absolute Gasteiger partial charge is 0.496 e. The molecule has 2 rings (SSSR count). The van der Waals surface area contributed by atoms with Crippen molar-refractivity contribution < 1.29 is 23.5 Å². The molecule has 2 aromatic rings. The maximum atomic E-state index is 12.6. The van der Waals surface area contributed by atoms with Crippen molar-refractivity contribution in [3.05, 3.63) is 29.7 Å². The summed E-state index contributed by atoms with van der Waals surface area (Å²) in [4.78, 5) is 12.6. The first-order valence-corrected chi connectivity index (χ1v) is 12.2. The van der Waals surface area contributed by atoms with Crippen LogP contribution < -0.4 is 19.5 Å². The number of ether oxygens (including phenoxy) is 3. The number of benzene rings is 1. The fourth-order valence-corrected chi connectivity index (χ4v) is 3.82. The van der Waals surface area contributed by atoms with Gasteiger partial charge in [-0.3, -0.25) is 4.79 Å². The van der Waals surface area contributed by atoms with Gasteiger partial charge in [0.05, 0.1) is 33.4 Å². The van der Waals surface area contributed by atoms with E-state index in [0.717, 1.165) is 18.5 Å². The summed E-state index contributed by atoms with van der Waals surface area (Å²) >= 11 is 0. The van der Waals surface area contributed by atoms with Crippen LogP contribution in [0.15, 0.2) is 22.7 Å². The Morgan fingerprint density at radius 2 is 1.42 bits per heavy atom. The molecule has 0 aliphatic heterocycles. The van der Waals surface area contributed by atoms with E-state index in [2.05, 4.69) is 17.4 Å². The molecule has 1 N–H and O–H groups in total. The number of aryl methyl sites for hydroxylation is 1. The first kappa shape index (κ1) is 26.6. The van der Waals surface area contributed by atoms with Gasteiger partial charge in [-0.1, -0.05) is 69.9 Å². The lowest BCUT2D eigenvalue weighted by Gasteiger charge is -2.15. The highest BCUT2D eigenvalue weighted by molar-refractivity contribution is 5.95. The summed E-state index contributed by atoms with van der Waals surface area (Å²) in [5.74, 6) is 1.80.